The number of carboxylic acids is 1. The molecule has 158 valence electrons. The van der Waals surface area contributed by atoms with Gasteiger partial charge < -0.3 is 14.7 Å². The van der Waals surface area contributed by atoms with Gasteiger partial charge in [-0.15, -0.1) is 0 Å². The highest BCUT2D eigenvalue weighted by Gasteiger charge is 2.26. The molecule has 1 N–H and O–H groups in total. The Kier molecular flexibility index (Phi) is 5.93. The lowest BCUT2D eigenvalue weighted by Crippen LogP contribution is -2.37. The highest BCUT2D eigenvalue weighted by atomic mass is 35.5. The molecule has 0 fully saturated rings. The van der Waals surface area contributed by atoms with Crippen molar-refractivity contribution in [2.24, 2.45) is 0 Å². The second-order valence-electron chi connectivity index (χ2n) is 6.79. The summed E-state index contributed by atoms with van der Waals surface area (Å²) in [6.45, 7) is 3.01. The van der Waals surface area contributed by atoms with E-state index in [1.165, 1.54) is 21.6 Å². The van der Waals surface area contributed by atoms with E-state index in [1.807, 2.05) is 0 Å². The molecule has 0 saturated heterocycles. The molecule has 0 spiro atoms. The zero-order valence-electron chi connectivity index (χ0n) is 16.3. The molecule has 1 aliphatic rings. The van der Waals surface area contributed by atoms with E-state index < -0.39 is 29.2 Å². The third-order valence-electron chi connectivity index (χ3n) is 4.60. The number of likely N-dealkylation sites (N-methyl/N-ethyl adjacent to an activating group) is 1. The third-order valence-corrected chi connectivity index (χ3v) is 4.95. The van der Waals surface area contributed by atoms with Crippen LogP contribution in [0, 0.1) is 18.6 Å². The molecule has 30 heavy (non-hydrogen) atoms. The summed E-state index contributed by atoms with van der Waals surface area (Å²) in [4.78, 5) is 29.6. The molecule has 0 bridgehead atoms. The van der Waals surface area contributed by atoms with Crippen LogP contribution in [-0.4, -0.2) is 38.6 Å². The maximum absolute atomic E-state index is 13.7. The Hall–Kier alpha value is -3.20. The molecule has 0 saturated carbocycles. The number of halogens is 3. The van der Waals surface area contributed by atoms with Crippen LogP contribution in [0.25, 0.3) is 5.70 Å². The van der Waals surface area contributed by atoms with Gasteiger partial charge in [0.05, 0.1) is 11.9 Å². The zero-order valence-corrected chi connectivity index (χ0v) is 17.1. The Morgan fingerprint density at radius 3 is 2.67 bits per heavy atom. The Morgan fingerprint density at radius 1 is 1.33 bits per heavy atom. The molecule has 0 radical (unpaired) electrons. The van der Waals surface area contributed by atoms with Gasteiger partial charge in [0.15, 0.2) is 5.82 Å². The Labute approximate surface area is 175 Å². The molecule has 2 aromatic heterocycles. The van der Waals surface area contributed by atoms with Crippen LogP contribution in [0.2, 0.25) is 5.02 Å². The predicted molar refractivity (Wildman–Crippen MR) is 106 cm³/mol. The fourth-order valence-corrected chi connectivity index (χ4v) is 3.32. The number of aryl methyl sites for hydroxylation is 1. The molecule has 3 heterocycles. The topological polar surface area (TPSA) is 84.7 Å². The number of hydrogen-bond donors (Lipinski definition) is 1. The van der Waals surface area contributed by atoms with Gasteiger partial charge in [-0.25, -0.2) is 13.6 Å². The lowest BCUT2D eigenvalue weighted by Gasteiger charge is -2.28. The summed E-state index contributed by atoms with van der Waals surface area (Å²) in [5, 5.41) is 9.14. The van der Waals surface area contributed by atoms with Crippen molar-refractivity contribution in [2.45, 2.75) is 26.5 Å². The van der Waals surface area contributed by atoms with Crippen LogP contribution in [-0.2, 0) is 11.4 Å². The number of ether oxygens (including phenoxy) is 1. The number of aliphatic carboxylic acids is 1. The number of carbonyl (C=O) groups is 1. The monoisotopic (exact) mass is 437 g/mol. The van der Waals surface area contributed by atoms with Crippen LogP contribution < -0.4 is 10.3 Å². The van der Waals surface area contributed by atoms with Gasteiger partial charge in [-0.05, 0) is 25.5 Å². The fourth-order valence-electron chi connectivity index (χ4n) is 3.13. The van der Waals surface area contributed by atoms with E-state index in [0.717, 1.165) is 6.20 Å². The number of hydrogen-bond acceptors (Lipinski definition) is 5. The number of allylic oxidation sites excluding steroid dienone is 2. The summed E-state index contributed by atoms with van der Waals surface area (Å²) < 4.78 is 33.5. The van der Waals surface area contributed by atoms with Crippen molar-refractivity contribution in [1.29, 1.82) is 0 Å². The molecule has 7 nitrogen and oxygen atoms in total. The largest absolute Gasteiger partial charge is 0.485 e. The van der Waals surface area contributed by atoms with Crippen LogP contribution in [0.5, 0.6) is 5.75 Å². The van der Waals surface area contributed by atoms with Crippen molar-refractivity contribution in [3.05, 3.63) is 74.6 Å². The Balaban J connectivity index is 1.97. The van der Waals surface area contributed by atoms with Crippen molar-refractivity contribution in [2.75, 3.05) is 7.05 Å². The Morgan fingerprint density at radius 2 is 2.03 bits per heavy atom. The molecule has 0 aliphatic carbocycles. The lowest BCUT2D eigenvalue weighted by atomic mass is 10.1. The van der Waals surface area contributed by atoms with Crippen molar-refractivity contribution < 1.29 is 23.4 Å². The summed E-state index contributed by atoms with van der Waals surface area (Å²) in [5.41, 5.74) is 0.729. The smallest absolute Gasteiger partial charge is 0.330 e. The summed E-state index contributed by atoms with van der Waals surface area (Å²) in [6, 6.07) is 1.21. The maximum atomic E-state index is 13.7. The van der Waals surface area contributed by atoms with Crippen LogP contribution in [0.4, 0.5) is 8.78 Å². The number of rotatable bonds is 5. The van der Waals surface area contributed by atoms with Crippen LogP contribution in [0.15, 0.2) is 41.0 Å². The second-order valence-corrected chi connectivity index (χ2v) is 7.17. The molecule has 0 aromatic carbocycles. The number of pyridine rings is 2. The minimum atomic E-state index is -1.07. The normalized spacial score (nSPS) is 16.2. The molecular weight excluding hydrogens is 420 g/mol. The summed E-state index contributed by atoms with van der Waals surface area (Å²) in [7, 11) is 1.62. The first kappa shape index (κ1) is 21.5. The highest BCUT2D eigenvalue weighted by Crippen LogP contribution is 2.28. The zero-order chi connectivity index (χ0) is 22.2. The van der Waals surface area contributed by atoms with Crippen molar-refractivity contribution in [3.8, 4) is 5.75 Å². The third kappa shape index (κ3) is 4.06. The predicted octanol–water partition coefficient (Wildman–Crippen LogP) is 3.21. The SMILES string of the molecule is CC1=CN(C)C(C(=O)O)C=C1n1c(C)cc(OCc2ncc(F)cc2F)c(Cl)c1=O. The Bertz CT molecular complexity index is 1140. The van der Waals surface area contributed by atoms with E-state index in [0.29, 0.717) is 23.0 Å². The van der Waals surface area contributed by atoms with Crippen molar-refractivity contribution in [1.82, 2.24) is 14.5 Å². The first-order chi connectivity index (χ1) is 14.1. The molecule has 3 rings (SSSR count). The van der Waals surface area contributed by atoms with Gasteiger partial charge in [0.2, 0.25) is 0 Å². The van der Waals surface area contributed by atoms with Gasteiger partial charge >= 0.3 is 5.97 Å². The lowest BCUT2D eigenvalue weighted by molar-refractivity contribution is -0.140. The summed E-state index contributed by atoms with van der Waals surface area (Å²) >= 11 is 6.19. The number of carboxylic acid groups (broad SMARTS) is 1. The van der Waals surface area contributed by atoms with Crippen molar-refractivity contribution >= 4 is 23.3 Å². The quantitative estimate of drug-likeness (QED) is 0.773. The minimum Gasteiger partial charge on any atom is -0.485 e. The molecule has 1 unspecified atom stereocenters. The van der Waals surface area contributed by atoms with Crippen LogP contribution in [0.3, 0.4) is 0 Å². The van der Waals surface area contributed by atoms with Gasteiger partial charge in [0.25, 0.3) is 5.56 Å². The van der Waals surface area contributed by atoms with E-state index in [9.17, 15) is 23.5 Å². The molecule has 1 aliphatic heterocycles. The van der Waals surface area contributed by atoms with Gasteiger partial charge in [-0.2, -0.15) is 0 Å². The number of nitrogens with zero attached hydrogens (tertiary/aromatic N) is 3. The van der Waals surface area contributed by atoms with Gasteiger partial charge in [-0.3, -0.25) is 14.3 Å². The van der Waals surface area contributed by atoms with E-state index >= 15 is 0 Å². The second kappa shape index (κ2) is 8.27. The average Bonchev–Trinajstić information content (AvgIpc) is 2.66. The average molecular weight is 438 g/mol. The minimum absolute atomic E-state index is 0.00545. The van der Waals surface area contributed by atoms with Gasteiger partial charge in [0, 0.05) is 31.1 Å². The van der Waals surface area contributed by atoms with Crippen LogP contribution >= 0.6 is 11.6 Å². The molecule has 0 amide bonds. The van der Waals surface area contributed by atoms with Gasteiger partial charge in [0.1, 0.15) is 34.9 Å². The highest BCUT2D eigenvalue weighted by molar-refractivity contribution is 6.31. The van der Waals surface area contributed by atoms with E-state index in [2.05, 4.69) is 4.98 Å². The van der Waals surface area contributed by atoms with E-state index in [1.54, 1.807) is 27.1 Å². The van der Waals surface area contributed by atoms with Crippen LogP contribution in [0.1, 0.15) is 18.3 Å². The summed E-state index contributed by atoms with van der Waals surface area (Å²) in [6.07, 6.45) is 3.94. The standard InChI is InChI=1S/C20H18ClF2N3O4/c1-10-8-25(3)16(20(28)29)6-15(10)26-11(2)4-17(18(21)19(26)27)30-9-14-13(23)5-12(22)7-24-14/h4-8,16H,9H2,1-3H3,(H,28,29). The molecule has 1 atom stereocenters. The molecular formula is C20H18ClF2N3O4. The molecule has 10 heteroatoms. The first-order valence-corrected chi connectivity index (χ1v) is 9.18. The molecule has 2 aromatic rings. The van der Waals surface area contributed by atoms with E-state index in [-0.39, 0.29) is 23.1 Å². The summed E-state index contributed by atoms with van der Waals surface area (Å²) in [5.74, 6) is -2.76. The first-order valence-electron chi connectivity index (χ1n) is 8.80. The van der Waals surface area contributed by atoms with Gasteiger partial charge in [-0.1, -0.05) is 11.6 Å². The maximum Gasteiger partial charge on any atom is 0.330 e. The number of aromatic nitrogens is 2. The van der Waals surface area contributed by atoms with Crippen molar-refractivity contribution in [3.63, 3.8) is 0 Å². The fraction of sp³-hybridized carbons (Fsp3) is 0.250. The van der Waals surface area contributed by atoms with E-state index in [4.69, 9.17) is 16.3 Å².